The second-order valence-electron chi connectivity index (χ2n) is 5.01. The van der Waals surface area contributed by atoms with Crippen molar-refractivity contribution in [3.8, 4) is 0 Å². The number of hydrogen-bond donors (Lipinski definition) is 0. The van der Waals surface area contributed by atoms with Gasteiger partial charge in [-0.1, -0.05) is 6.92 Å². The van der Waals surface area contributed by atoms with E-state index in [0.29, 0.717) is 5.25 Å². The zero-order valence-corrected chi connectivity index (χ0v) is 10.8. The van der Waals surface area contributed by atoms with E-state index in [0.717, 1.165) is 45.7 Å². The van der Waals surface area contributed by atoms with Crippen LogP contribution in [0.1, 0.15) is 19.8 Å². The molecule has 2 aliphatic heterocycles. The topological polar surface area (TPSA) is 29.5 Å². The van der Waals surface area contributed by atoms with Gasteiger partial charge in [-0.05, 0) is 12.8 Å². The quantitative estimate of drug-likeness (QED) is 0.701. The Morgan fingerprint density at radius 2 is 2.25 bits per heavy atom. The van der Waals surface area contributed by atoms with E-state index in [1.165, 1.54) is 12.0 Å². The standard InChI is InChI=1S/C12H21NO2S/c1-11-8-13(4-7-16-11)9-12(10-14)2-5-15-6-3-12/h10-11H,2-9H2,1H3. The molecule has 4 heteroatoms. The highest BCUT2D eigenvalue weighted by molar-refractivity contribution is 7.99. The van der Waals surface area contributed by atoms with Crippen molar-refractivity contribution in [3.05, 3.63) is 0 Å². The summed E-state index contributed by atoms with van der Waals surface area (Å²) in [6.45, 7) is 6.96. The van der Waals surface area contributed by atoms with Gasteiger partial charge in [0.2, 0.25) is 0 Å². The number of thioether (sulfide) groups is 1. The molecule has 0 aliphatic carbocycles. The maximum atomic E-state index is 11.3. The lowest BCUT2D eigenvalue weighted by molar-refractivity contribution is -0.123. The van der Waals surface area contributed by atoms with Crippen LogP contribution in [0.15, 0.2) is 0 Å². The zero-order valence-electron chi connectivity index (χ0n) is 9.98. The van der Waals surface area contributed by atoms with E-state index in [1.54, 1.807) is 0 Å². The van der Waals surface area contributed by atoms with Crippen LogP contribution < -0.4 is 0 Å². The molecule has 16 heavy (non-hydrogen) atoms. The monoisotopic (exact) mass is 243 g/mol. The lowest BCUT2D eigenvalue weighted by atomic mass is 9.81. The summed E-state index contributed by atoms with van der Waals surface area (Å²) in [5.74, 6) is 1.20. The number of rotatable bonds is 3. The SMILES string of the molecule is CC1CN(CC2(C=O)CCOCC2)CCS1. The Morgan fingerprint density at radius 3 is 2.88 bits per heavy atom. The first-order valence-corrected chi connectivity index (χ1v) is 7.17. The molecular weight excluding hydrogens is 222 g/mol. The molecule has 2 fully saturated rings. The van der Waals surface area contributed by atoms with Crippen LogP contribution in [0, 0.1) is 5.41 Å². The van der Waals surface area contributed by atoms with Crippen LogP contribution >= 0.6 is 11.8 Å². The van der Waals surface area contributed by atoms with Crippen LogP contribution in [0.25, 0.3) is 0 Å². The van der Waals surface area contributed by atoms with Gasteiger partial charge in [0.25, 0.3) is 0 Å². The first-order valence-electron chi connectivity index (χ1n) is 6.12. The second kappa shape index (κ2) is 5.52. The van der Waals surface area contributed by atoms with E-state index in [2.05, 4.69) is 11.8 Å². The lowest BCUT2D eigenvalue weighted by Gasteiger charge is -2.39. The van der Waals surface area contributed by atoms with Crippen molar-refractivity contribution in [1.82, 2.24) is 4.90 Å². The molecule has 0 spiro atoms. The molecule has 92 valence electrons. The average Bonchev–Trinajstić information content (AvgIpc) is 2.30. The van der Waals surface area contributed by atoms with E-state index in [-0.39, 0.29) is 5.41 Å². The molecule has 0 aromatic rings. The van der Waals surface area contributed by atoms with Crippen molar-refractivity contribution in [2.45, 2.75) is 25.0 Å². The summed E-state index contributed by atoms with van der Waals surface area (Å²) in [5.41, 5.74) is -0.125. The van der Waals surface area contributed by atoms with Gasteiger partial charge in [-0.2, -0.15) is 11.8 Å². The molecule has 3 nitrogen and oxygen atoms in total. The van der Waals surface area contributed by atoms with Crippen LogP contribution in [0.2, 0.25) is 0 Å². The minimum atomic E-state index is -0.125. The molecule has 2 saturated heterocycles. The number of carbonyl (C=O) groups excluding carboxylic acids is 1. The van der Waals surface area contributed by atoms with Crippen molar-refractivity contribution < 1.29 is 9.53 Å². The predicted molar refractivity (Wildman–Crippen MR) is 66.9 cm³/mol. The van der Waals surface area contributed by atoms with E-state index in [4.69, 9.17) is 4.74 Å². The Balaban J connectivity index is 1.92. The summed E-state index contributed by atoms with van der Waals surface area (Å²) >= 11 is 2.04. The summed E-state index contributed by atoms with van der Waals surface area (Å²) in [4.78, 5) is 13.8. The van der Waals surface area contributed by atoms with Gasteiger partial charge in [0.05, 0.1) is 0 Å². The minimum Gasteiger partial charge on any atom is -0.381 e. The number of hydrogen-bond acceptors (Lipinski definition) is 4. The highest BCUT2D eigenvalue weighted by Gasteiger charge is 2.35. The van der Waals surface area contributed by atoms with Gasteiger partial charge >= 0.3 is 0 Å². The van der Waals surface area contributed by atoms with Gasteiger partial charge in [-0.25, -0.2) is 0 Å². The van der Waals surface area contributed by atoms with Crippen LogP contribution in [-0.4, -0.2) is 55.0 Å². The van der Waals surface area contributed by atoms with Gasteiger partial charge in [0, 0.05) is 49.3 Å². The minimum absolute atomic E-state index is 0.125. The first-order chi connectivity index (χ1) is 7.74. The Bertz CT molecular complexity index is 241. The molecule has 0 N–H and O–H groups in total. The Morgan fingerprint density at radius 1 is 1.50 bits per heavy atom. The van der Waals surface area contributed by atoms with E-state index >= 15 is 0 Å². The molecule has 0 aromatic carbocycles. The summed E-state index contributed by atoms with van der Waals surface area (Å²) in [5, 5.41) is 0.706. The summed E-state index contributed by atoms with van der Waals surface area (Å²) in [6.07, 6.45) is 2.98. The third kappa shape index (κ3) is 2.99. The van der Waals surface area contributed by atoms with Crippen molar-refractivity contribution in [3.63, 3.8) is 0 Å². The van der Waals surface area contributed by atoms with E-state index in [1.807, 2.05) is 11.8 Å². The fourth-order valence-corrected chi connectivity index (χ4v) is 3.65. The molecule has 0 aromatic heterocycles. The van der Waals surface area contributed by atoms with Crippen LogP contribution in [0.5, 0.6) is 0 Å². The Kier molecular flexibility index (Phi) is 4.27. The summed E-state index contributed by atoms with van der Waals surface area (Å²) < 4.78 is 5.36. The number of aldehydes is 1. The molecule has 0 saturated carbocycles. The Hall–Kier alpha value is -0.0600. The van der Waals surface area contributed by atoms with Crippen LogP contribution in [0.4, 0.5) is 0 Å². The average molecular weight is 243 g/mol. The predicted octanol–water partition coefficient (Wildman–Crippen LogP) is 1.42. The maximum absolute atomic E-state index is 11.3. The van der Waals surface area contributed by atoms with Crippen LogP contribution in [-0.2, 0) is 9.53 Å². The third-order valence-corrected chi connectivity index (χ3v) is 4.74. The van der Waals surface area contributed by atoms with Crippen molar-refractivity contribution in [1.29, 1.82) is 0 Å². The van der Waals surface area contributed by atoms with E-state index in [9.17, 15) is 4.79 Å². The van der Waals surface area contributed by atoms with Gasteiger partial charge < -0.3 is 14.4 Å². The molecular formula is C12H21NO2S. The zero-order chi connectivity index (χ0) is 11.4. The van der Waals surface area contributed by atoms with Crippen molar-refractivity contribution in [2.75, 3.05) is 38.6 Å². The summed E-state index contributed by atoms with van der Waals surface area (Å²) in [7, 11) is 0. The van der Waals surface area contributed by atoms with Crippen molar-refractivity contribution >= 4 is 18.0 Å². The van der Waals surface area contributed by atoms with Crippen LogP contribution in [0.3, 0.4) is 0 Å². The van der Waals surface area contributed by atoms with Gasteiger partial charge in [0.1, 0.15) is 6.29 Å². The van der Waals surface area contributed by atoms with Gasteiger partial charge in [0.15, 0.2) is 0 Å². The molecule has 0 amide bonds. The first kappa shape index (κ1) is 12.4. The number of nitrogens with zero attached hydrogens (tertiary/aromatic N) is 1. The lowest BCUT2D eigenvalue weighted by Crippen LogP contribution is -2.46. The normalized spacial score (nSPS) is 31.2. The van der Waals surface area contributed by atoms with Gasteiger partial charge in [-0.3, -0.25) is 0 Å². The molecule has 1 unspecified atom stereocenters. The molecule has 0 bridgehead atoms. The smallest absolute Gasteiger partial charge is 0.127 e. The molecule has 2 rings (SSSR count). The number of ether oxygens (including phenoxy) is 1. The fourth-order valence-electron chi connectivity index (χ4n) is 2.57. The summed E-state index contributed by atoms with van der Waals surface area (Å²) in [6, 6.07) is 0. The molecule has 2 heterocycles. The fraction of sp³-hybridized carbons (Fsp3) is 0.917. The largest absolute Gasteiger partial charge is 0.381 e. The maximum Gasteiger partial charge on any atom is 0.127 e. The van der Waals surface area contributed by atoms with Crippen molar-refractivity contribution in [2.24, 2.45) is 5.41 Å². The third-order valence-electron chi connectivity index (χ3n) is 3.60. The molecule has 1 atom stereocenters. The second-order valence-corrected chi connectivity index (χ2v) is 6.56. The molecule has 0 radical (unpaired) electrons. The molecule has 2 aliphatic rings. The highest BCUT2D eigenvalue weighted by Crippen LogP contribution is 2.30. The van der Waals surface area contributed by atoms with E-state index < -0.39 is 0 Å². The van der Waals surface area contributed by atoms with Gasteiger partial charge in [-0.15, -0.1) is 0 Å². The highest BCUT2D eigenvalue weighted by atomic mass is 32.2. The number of carbonyl (C=O) groups is 1. The Labute approximate surface area is 102 Å².